The van der Waals surface area contributed by atoms with E-state index >= 15 is 0 Å². The Kier molecular flexibility index (Phi) is 4.51. The number of nitrogens with one attached hydrogen (secondary N) is 3. The molecule has 3 N–H and O–H groups in total. The third-order valence-electron chi connectivity index (χ3n) is 4.40. The minimum atomic E-state index is -4.51. The van der Waals surface area contributed by atoms with Crippen molar-refractivity contribution in [3.8, 4) is 0 Å². The zero-order valence-electron chi connectivity index (χ0n) is 13.8. The zero-order chi connectivity index (χ0) is 19.1. The highest BCUT2D eigenvalue weighted by Gasteiger charge is 2.45. The first-order valence-electron chi connectivity index (χ1n) is 8.01. The van der Waals surface area contributed by atoms with Gasteiger partial charge in [0.1, 0.15) is 12.1 Å². The summed E-state index contributed by atoms with van der Waals surface area (Å²) in [4.78, 5) is 37.5. The van der Waals surface area contributed by atoms with E-state index in [0.29, 0.717) is 0 Å². The summed E-state index contributed by atoms with van der Waals surface area (Å²) in [7, 11) is 0. The minimum Gasteiger partial charge on any atom is -0.343 e. The SMILES string of the molecule is C[C@H]1NC(=O)[C@@H]2C[C@H](NC(=O)Nc3cccc(C(F)(F)F)c3)CN2C1=O. The maximum atomic E-state index is 12.7. The molecule has 3 rings (SSSR count). The topological polar surface area (TPSA) is 90.5 Å². The first-order valence-corrected chi connectivity index (χ1v) is 8.01. The number of piperazine rings is 1. The summed E-state index contributed by atoms with van der Waals surface area (Å²) in [5.41, 5.74) is -0.875. The van der Waals surface area contributed by atoms with Gasteiger partial charge in [-0.3, -0.25) is 9.59 Å². The maximum absolute atomic E-state index is 12.7. The van der Waals surface area contributed by atoms with E-state index in [9.17, 15) is 27.6 Å². The van der Waals surface area contributed by atoms with Gasteiger partial charge >= 0.3 is 12.2 Å². The van der Waals surface area contributed by atoms with Crippen LogP contribution in [0, 0.1) is 0 Å². The van der Waals surface area contributed by atoms with Gasteiger partial charge in [-0.1, -0.05) is 6.07 Å². The molecule has 10 heteroatoms. The number of anilines is 1. The molecule has 2 aliphatic rings. The molecular weight excluding hydrogens is 353 g/mol. The number of rotatable bonds is 2. The Labute approximate surface area is 146 Å². The summed E-state index contributed by atoms with van der Waals surface area (Å²) < 4.78 is 38.1. The third-order valence-corrected chi connectivity index (χ3v) is 4.40. The quantitative estimate of drug-likeness (QED) is 0.733. The van der Waals surface area contributed by atoms with Gasteiger partial charge < -0.3 is 20.9 Å². The number of alkyl halides is 3. The van der Waals surface area contributed by atoms with Crippen molar-refractivity contribution in [3.05, 3.63) is 29.8 Å². The van der Waals surface area contributed by atoms with Gasteiger partial charge in [0.15, 0.2) is 0 Å². The lowest BCUT2D eigenvalue weighted by atomic mass is 10.1. The predicted octanol–water partition coefficient (Wildman–Crippen LogP) is 1.31. The van der Waals surface area contributed by atoms with Crippen molar-refractivity contribution in [2.45, 2.75) is 37.6 Å². The molecule has 2 aliphatic heterocycles. The number of hydrogen-bond donors (Lipinski definition) is 3. The van der Waals surface area contributed by atoms with E-state index in [-0.39, 0.29) is 30.5 Å². The van der Waals surface area contributed by atoms with Crippen LogP contribution in [0.5, 0.6) is 0 Å². The molecule has 3 atom stereocenters. The van der Waals surface area contributed by atoms with Crippen LogP contribution in [-0.4, -0.2) is 47.4 Å². The standard InChI is InChI=1S/C16H17F3N4O3/c1-8-14(25)23-7-11(6-12(23)13(24)20-8)22-15(26)21-10-4-2-3-9(5-10)16(17,18)19/h2-5,8,11-12H,6-7H2,1H3,(H,20,24)(H2,21,22,26)/t8-,11+,12+/m1/s1. The molecule has 2 saturated heterocycles. The van der Waals surface area contributed by atoms with Crippen LogP contribution in [0.25, 0.3) is 0 Å². The fourth-order valence-corrected chi connectivity index (χ4v) is 3.18. The van der Waals surface area contributed by atoms with Crippen molar-refractivity contribution in [1.29, 1.82) is 0 Å². The Morgan fingerprint density at radius 2 is 2.04 bits per heavy atom. The number of fused-ring (bicyclic) bond motifs is 1. The van der Waals surface area contributed by atoms with E-state index in [2.05, 4.69) is 16.0 Å². The molecule has 0 saturated carbocycles. The van der Waals surface area contributed by atoms with Gasteiger partial charge in [-0.2, -0.15) is 13.2 Å². The highest BCUT2D eigenvalue weighted by molar-refractivity contribution is 5.97. The van der Waals surface area contributed by atoms with Crippen molar-refractivity contribution in [1.82, 2.24) is 15.5 Å². The molecule has 2 heterocycles. The predicted molar refractivity (Wildman–Crippen MR) is 85.1 cm³/mol. The number of nitrogens with zero attached hydrogens (tertiary/aromatic N) is 1. The molecular formula is C16H17F3N4O3. The van der Waals surface area contributed by atoms with E-state index < -0.39 is 35.9 Å². The van der Waals surface area contributed by atoms with Crippen LogP contribution in [0.1, 0.15) is 18.9 Å². The Morgan fingerprint density at radius 1 is 1.31 bits per heavy atom. The summed E-state index contributed by atoms with van der Waals surface area (Å²) in [6, 6.07) is 1.85. The Balaban J connectivity index is 1.61. The summed E-state index contributed by atoms with van der Waals surface area (Å²) in [6.07, 6.45) is -4.26. The first kappa shape index (κ1) is 18.0. The van der Waals surface area contributed by atoms with Gasteiger partial charge in [0.05, 0.1) is 11.6 Å². The molecule has 0 bridgehead atoms. The molecule has 0 unspecified atom stereocenters. The van der Waals surface area contributed by atoms with Crippen LogP contribution < -0.4 is 16.0 Å². The molecule has 2 fully saturated rings. The molecule has 7 nitrogen and oxygen atoms in total. The summed E-state index contributed by atoms with van der Waals surface area (Å²) in [6.45, 7) is 1.76. The number of carbonyl (C=O) groups excluding carboxylic acids is 3. The van der Waals surface area contributed by atoms with Crippen LogP contribution in [0.3, 0.4) is 0 Å². The molecule has 0 aliphatic carbocycles. The van der Waals surface area contributed by atoms with Crippen LogP contribution in [0.15, 0.2) is 24.3 Å². The van der Waals surface area contributed by atoms with Crippen molar-refractivity contribution in [3.63, 3.8) is 0 Å². The highest BCUT2D eigenvalue weighted by atomic mass is 19.4. The average molecular weight is 370 g/mol. The fraction of sp³-hybridized carbons (Fsp3) is 0.438. The molecule has 0 spiro atoms. The fourth-order valence-electron chi connectivity index (χ4n) is 3.18. The average Bonchev–Trinajstić information content (AvgIpc) is 2.96. The van der Waals surface area contributed by atoms with Gasteiger partial charge in [-0.15, -0.1) is 0 Å². The van der Waals surface area contributed by atoms with E-state index in [4.69, 9.17) is 0 Å². The summed E-state index contributed by atoms with van der Waals surface area (Å²) in [5.74, 6) is -0.503. The van der Waals surface area contributed by atoms with Crippen molar-refractivity contribution in [2.75, 3.05) is 11.9 Å². The smallest absolute Gasteiger partial charge is 0.343 e. The van der Waals surface area contributed by atoms with E-state index in [1.807, 2.05) is 0 Å². The second-order valence-electron chi connectivity index (χ2n) is 6.35. The molecule has 1 aromatic rings. The number of amides is 4. The Bertz CT molecular complexity index is 753. The highest BCUT2D eigenvalue weighted by Crippen LogP contribution is 2.30. The normalized spacial score (nSPS) is 25.5. The van der Waals surface area contributed by atoms with E-state index in [1.54, 1.807) is 6.92 Å². The number of halogens is 3. The molecule has 1 aromatic carbocycles. The van der Waals surface area contributed by atoms with Gasteiger partial charge in [0.25, 0.3) is 0 Å². The van der Waals surface area contributed by atoms with E-state index in [0.717, 1.165) is 12.1 Å². The molecule has 0 aromatic heterocycles. The van der Waals surface area contributed by atoms with Crippen LogP contribution in [0.4, 0.5) is 23.7 Å². The lowest BCUT2D eigenvalue weighted by Crippen LogP contribution is -2.60. The lowest BCUT2D eigenvalue weighted by Gasteiger charge is -2.32. The molecule has 0 radical (unpaired) electrons. The summed E-state index contributed by atoms with van der Waals surface area (Å²) in [5, 5.41) is 7.50. The molecule has 26 heavy (non-hydrogen) atoms. The van der Waals surface area contributed by atoms with Crippen LogP contribution in [-0.2, 0) is 15.8 Å². The number of benzene rings is 1. The number of hydrogen-bond acceptors (Lipinski definition) is 3. The van der Waals surface area contributed by atoms with Gasteiger partial charge in [-0.25, -0.2) is 4.79 Å². The maximum Gasteiger partial charge on any atom is 0.416 e. The molecule has 140 valence electrons. The van der Waals surface area contributed by atoms with Gasteiger partial charge in [-0.05, 0) is 31.5 Å². The monoisotopic (exact) mass is 370 g/mol. The van der Waals surface area contributed by atoms with E-state index in [1.165, 1.54) is 17.0 Å². The van der Waals surface area contributed by atoms with Gasteiger partial charge in [0, 0.05) is 12.2 Å². The third kappa shape index (κ3) is 3.58. The van der Waals surface area contributed by atoms with Crippen molar-refractivity contribution < 1.29 is 27.6 Å². The first-order chi connectivity index (χ1) is 12.1. The zero-order valence-corrected chi connectivity index (χ0v) is 13.8. The number of carbonyl (C=O) groups is 3. The largest absolute Gasteiger partial charge is 0.416 e. The minimum absolute atomic E-state index is 0.00418. The Morgan fingerprint density at radius 3 is 2.73 bits per heavy atom. The van der Waals surface area contributed by atoms with Gasteiger partial charge in [0.2, 0.25) is 11.8 Å². The lowest BCUT2D eigenvalue weighted by molar-refractivity contribution is -0.146. The van der Waals surface area contributed by atoms with Crippen LogP contribution >= 0.6 is 0 Å². The summed E-state index contributed by atoms with van der Waals surface area (Å²) >= 11 is 0. The second kappa shape index (κ2) is 6.50. The van der Waals surface area contributed by atoms with Crippen molar-refractivity contribution >= 4 is 23.5 Å². The van der Waals surface area contributed by atoms with Crippen LogP contribution in [0.2, 0.25) is 0 Å². The molecule has 4 amide bonds. The number of urea groups is 1. The Hall–Kier alpha value is -2.78. The second-order valence-corrected chi connectivity index (χ2v) is 6.35. The van der Waals surface area contributed by atoms with Crippen molar-refractivity contribution in [2.24, 2.45) is 0 Å².